The SMILES string of the molecule is CCCCCO[C@H]1CCN(CC(C)CN)C1. The molecule has 2 N–H and O–H groups in total. The summed E-state index contributed by atoms with van der Waals surface area (Å²) in [5.41, 5.74) is 5.64. The Kier molecular flexibility index (Phi) is 7.01. The van der Waals surface area contributed by atoms with E-state index in [9.17, 15) is 0 Å². The highest BCUT2D eigenvalue weighted by Crippen LogP contribution is 2.14. The maximum Gasteiger partial charge on any atom is 0.0714 e. The lowest BCUT2D eigenvalue weighted by atomic mass is 10.2. The predicted octanol–water partition coefficient (Wildman–Crippen LogP) is 1.86. The van der Waals surface area contributed by atoms with Gasteiger partial charge in [0.25, 0.3) is 0 Å². The fourth-order valence-electron chi connectivity index (χ4n) is 2.22. The topological polar surface area (TPSA) is 38.5 Å². The summed E-state index contributed by atoms with van der Waals surface area (Å²) in [4.78, 5) is 2.49. The van der Waals surface area contributed by atoms with E-state index in [2.05, 4.69) is 18.7 Å². The van der Waals surface area contributed by atoms with Gasteiger partial charge in [-0.1, -0.05) is 26.7 Å². The third kappa shape index (κ3) is 5.28. The molecule has 96 valence electrons. The van der Waals surface area contributed by atoms with Gasteiger partial charge in [0.05, 0.1) is 6.10 Å². The molecule has 3 nitrogen and oxygen atoms in total. The van der Waals surface area contributed by atoms with Crippen molar-refractivity contribution in [3.8, 4) is 0 Å². The van der Waals surface area contributed by atoms with Crippen LogP contribution in [0.1, 0.15) is 39.5 Å². The molecule has 1 rings (SSSR count). The number of rotatable bonds is 8. The van der Waals surface area contributed by atoms with Gasteiger partial charge in [-0.25, -0.2) is 0 Å². The zero-order valence-corrected chi connectivity index (χ0v) is 11.0. The molecule has 1 aliphatic heterocycles. The molecule has 0 saturated carbocycles. The van der Waals surface area contributed by atoms with Gasteiger partial charge in [-0.2, -0.15) is 0 Å². The molecule has 0 radical (unpaired) electrons. The van der Waals surface area contributed by atoms with E-state index in [0.29, 0.717) is 12.0 Å². The normalized spacial score (nSPS) is 23.8. The highest BCUT2D eigenvalue weighted by molar-refractivity contribution is 4.77. The molecule has 0 aromatic rings. The van der Waals surface area contributed by atoms with Crippen LogP contribution in [0.5, 0.6) is 0 Å². The van der Waals surface area contributed by atoms with Gasteiger partial charge in [0, 0.05) is 26.2 Å². The lowest BCUT2D eigenvalue weighted by molar-refractivity contribution is 0.0557. The predicted molar refractivity (Wildman–Crippen MR) is 68.5 cm³/mol. The first-order chi connectivity index (χ1) is 7.76. The Hall–Kier alpha value is -0.120. The Morgan fingerprint density at radius 2 is 2.25 bits per heavy atom. The molecule has 1 heterocycles. The first-order valence-corrected chi connectivity index (χ1v) is 6.80. The van der Waals surface area contributed by atoms with E-state index in [0.717, 1.165) is 26.2 Å². The number of unbranched alkanes of at least 4 members (excludes halogenated alkanes) is 2. The Bertz CT molecular complexity index is 175. The smallest absolute Gasteiger partial charge is 0.0714 e. The average molecular weight is 228 g/mol. The van der Waals surface area contributed by atoms with Crippen LogP contribution in [0.4, 0.5) is 0 Å². The maximum absolute atomic E-state index is 5.88. The maximum atomic E-state index is 5.88. The Morgan fingerprint density at radius 3 is 2.94 bits per heavy atom. The third-order valence-electron chi connectivity index (χ3n) is 3.30. The van der Waals surface area contributed by atoms with Crippen LogP contribution in [0.2, 0.25) is 0 Å². The van der Waals surface area contributed by atoms with Crippen LogP contribution in [-0.2, 0) is 4.74 Å². The van der Waals surface area contributed by atoms with Gasteiger partial charge >= 0.3 is 0 Å². The van der Waals surface area contributed by atoms with E-state index in [4.69, 9.17) is 10.5 Å². The Labute approximate surface area is 100 Å². The van der Waals surface area contributed by atoms with Crippen molar-refractivity contribution in [2.75, 3.05) is 32.8 Å². The van der Waals surface area contributed by atoms with Crippen LogP contribution >= 0.6 is 0 Å². The van der Waals surface area contributed by atoms with Crippen molar-refractivity contribution >= 4 is 0 Å². The van der Waals surface area contributed by atoms with Crippen molar-refractivity contribution < 1.29 is 4.74 Å². The van der Waals surface area contributed by atoms with Crippen molar-refractivity contribution in [3.05, 3.63) is 0 Å². The molecule has 0 amide bonds. The molecule has 1 saturated heterocycles. The second kappa shape index (κ2) is 8.04. The van der Waals surface area contributed by atoms with Gasteiger partial charge in [-0.05, 0) is 25.3 Å². The van der Waals surface area contributed by atoms with E-state index in [1.807, 2.05) is 0 Å². The molecular weight excluding hydrogens is 200 g/mol. The summed E-state index contributed by atoms with van der Waals surface area (Å²) in [6.07, 6.45) is 5.45. The van der Waals surface area contributed by atoms with Crippen molar-refractivity contribution in [2.24, 2.45) is 11.7 Å². The number of hydrogen-bond donors (Lipinski definition) is 1. The zero-order valence-electron chi connectivity index (χ0n) is 11.0. The minimum atomic E-state index is 0.474. The Balaban J connectivity index is 2.05. The summed E-state index contributed by atoms with van der Waals surface area (Å²) < 4.78 is 5.88. The summed E-state index contributed by atoms with van der Waals surface area (Å²) in [7, 11) is 0. The minimum Gasteiger partial charge on any atom is -0.377 e. The van der Waals surface area contributed by atoms with Crippen molar-refractivity contribution in [1.82, 2.24) is 4.90 Å². The van der Waals surface area contributed by atoms with Crippen LogP contribution in [-0.4, -0.2) is 43.8 Å². The second-order valence-corrected chi connectivity index (χ2v) is 5.09. The summed E-state index contributed by atoms with van der Waals surface area (Å²) in [6.45, 7) is 9.60. The van der Waals surface area contributed by atoms with E-state index in [-0.39, 0.29) is 0 Å². The largest absolute Gasteiger partial charge is 0.377 e. The molecule has 1 fully saturated rings. The van der Waals surface area contributed by atoms with Crippen LogP contribution in [0.3, 0.4) is 0 Å². The van der Waals surface area contributed by atoms with Crippen LogP contribution in [0.25, 0.3) is 0 Å². The standard InChI is InChI=1S/C13H28N2O/c1-3-4-5-8-16-13-6-7-15(11-13)10-12(2)9-14/h12-13H,3-11,14H2,1-2H3/t12?,13-/m0/s1. The van der Waals surface area contributed by atoms with Gasteiger partial charge in [-0.15, -0.1) is 0 Å². The monoisotopic (exact) mass is 228 g/mol. The fraction of sp³-hybridized carbons (Fsp3) is 1.00. The van der Waals surface area contributed by atoms with Gasteiger partial charge in [0.2, 0.25) is 0 Å². The zero-order chi connectivity index (χ0) is 11.8. The molecule has 0 aromatic heterocycles. The Morgan fingerprint density at radius 1 is 1.44 bits per heavy atom. The quantitative estimate of drug-likeness (QED) is 0.645. The summed E-state index contributed by atoms with van der Waals surface area (Å²) in [6, 6.07) is 0. The summed E-state index contributed by atoms with van der Waals surface area (Å²) >= 11 is 0. The summed E-state index contributed by atoms with van der Waals surface area (Å²) in [5, 5.41) is 0. The lowest BCUT2D eigenvalue weighted by Crippen LogP contribution is -2.31. The first kappa shape index (κ1) is 13.9. The molecule has 16 heavy (non-hydrogen) atoms. The molecule has 0 aliphatic carbocycles. The highest BCUT2D eigenvalue weighted by Gasteiger charge is 2.23. The number of nitrogens with two attached hydrogens (primary N) is 1. The average Bonchev–Trinajstić information content (AvgIpc) is 2.72. The minimum absolute atomic E-state index is 0.474. The fourth-order valence-corrected chi connectivity index (χ4v) is 2.22. The highest BCUT2D eigenvalue weighted by atomic mass is 16.5. The second-order valence-electron chi connectivity index (χ2n) is 5.09. The lowest BCUT2D eigenvalue weighted by Gasteiger charge is -2.19. The number of ether oxygens (including phenoxy) is 1. The third-order valence-corrected chi connectivity index (χ3v) is 3.30. The van der Waals surface area contributed by atoms with Gasteiger partial charge in [0.15, 0.2) is 0 Å². The molecule has 0 bridgehead atoms. The molecular formula is C13H28N2O. The van der Waals surface area contributed by atoms with E-state index in [1.165, 1.54) is 32.2 Å². The molecule has 3 heteroatoms. The molecule has 1 aliphatic rings. The van der Waals surface area contributed by atoms with Crippen molar-refractivity contribution in [3.63, 3.8) is 0 Å². The number of likely N-dealkylation sites (tertiary alicyclic amines) is 1. The van der Waals surface area contributed by atoms with Crippen LogP contribution < -0.4 is 5.73 Å². The molecule has 2 atom stereocenters. The van der Waals surface area contributed by atoms with Crippen LogP contribution in [0, 0.1) is 5.92 Å². The van der Waals surface area contributed by atoms with E-state index < -0.39 is 0 Å². The van der Waals surface area contributed by atoms with Gasteiger partial charge in [0.1, 0.15) is 0 Å². The van der Waals surface area contributed by atoms with Gasteiger partial charge < -0.3 is 15.4 Å². The molecule has 1 unspecified atom stereocenters. The van der Waals surface area contributed by atoms with E-state index >= 15 is 0 Å². The summed E-state index contributed by atoms with van der Waals surface area (Å²) in [5.74, 6) is 0.610. The van der Waals surface area contributed by atoms with Crippen molar-refractivity contribution in [1.29, 1.82) is 0 Å². The number of hydrogen-bond acceptors (Lipinski definition) is 3. The molecule has 0 spiro atoms. The van der Waals surface area contributed by atoms with E-state index in [1.54, 1.807) is 0 Å². The van der Waals surface area contributed by atoms with Crippen LogP contribution in [0.15, 0.2) is 0 Å². The number of nitrogens with zero attached hydrogens (tertiary/aromatic N) is 1. The van der Waals surface area contributed by atoms with Gasteiger partial charge in [-0.3, -0.25) is 0 Å². The first-order valence-electron chi connectivity index (χ1n) is 6.80. The van der Waals surface area contributed by atoms with Crippen molar-refractivity contribution in [2.45, 2.75) is 45.6 Å². The molecule has 0 aromatic carbocycles.